The molecular weight excluding hydrogens is 320 g/mol. The van der Waals surface area contributed by atoms with Gasteiger partial charge in [0.15, 0.2) is 5.78 Å². The number of halogens is 1. The van der Waals surface area contributed by atoms with Crippen LogP contribution in [-0.4, -0.2) is 16.5 Å². The Bertz CT molecular complexity index is 724. The standard InChI is InChI=1S/C21H25ClO2/c1-19-8-5-15(23)13-14(19)3-4-16-17(19)6-9-20(2)18(16)7-10-21(20,24)11-12-22/h6,13,16,18,24H,3-5,7-10H2,1-2H3/t16-,18+,19+,20+,21-/m1/s1. The van der Waals surface area contributed by atoms with Crippen molar-refractivity contribution in [3.63, 3.8) is 0 Å². The molecule has 5 atom stereocenters. The fourth-order valence-corrected chi connectivity index (χ4v) is 6.31. The number of hydrogen-bond acceptors (Lipinski definition) is 2. The van der Waals surface area contributed by atoms with Crippen LogP contribution in [0.5, 0.6) is 0 Å². The van der Waals surface area contributed by atoms with Crippen LogP contribution in [0.1, 0.15) is 58.8 Å². The first kappa shape index (κ1) is 16.4. The number of rotatable bonds is 0. The molecule has 0 aromatic rings. The van der Waals surface area contributed by atoms with Crippen molar-refractivity contribution in [3.8, 4) is 11.3 Å². The van der Waals surface area contributed by atoms with Crippen LogP contribution in [0.4, 0.5) is 0 Å². The summed E-state index contributed by atoms with van der Waals surface area (Å²) in [6.07, 6.45) is 10.6. The minimum atomic E-state index is -0.971. The zero-order valence-electron chi connectivity index (χ0n) is 14.5. The molecule has 0 bridgehead atoms. The normalized spacial score (nSPS) is 46.8. The van der Waals surface area contributed by atoms with Crippen molar-refractivity contribution >= 4 is 17.4 Å². The molecule has 2 saturated carbocycles. The Morgan fingerprint density at radius 3 is 2.79 bits per heavy atom. The number of ketones is 1. The summed E-state index contributed by atoms with van der Waals surface area (Å²) in [5.41, 5.74) is 1.72. The summed E-state index contributed by atoms with van der Waals surface area (Å²) in [6, 6.07) is 0. The van der Waals surface area contributed by atoms with Crippen LogP contribution in [0.3, 0.4) is 0 Å². The number of carbonyl (C=O) groups is 1. The van der Waals surface area contributed by atoms with E-state index in [-0.39, 0.29) is 16.6 Å². The zero-order valence-corrected chi connectivity index (χ0v) is 15.2. The highest BCUT2D eigenvalue weighted by atomic mass is 35.5. The largest absolute Gasteiger partial charge is 0.377 e. The Labute approximate surface area is 149 Å². The summed E-state index contributed by atoms with van der Waals surface area (Å²) in [6.45, 7) is 4.52. The van der Waals surface area contributed by atoms with Crippen molar-refractivity contribution in [1.29, 1.82) is 0 Å². The minimum absolute atomic E-state index is 0.0526. The molecule has 0 aromatic heterocycles. The topological polar surface area (TPSA) is 37.3 Å². The van der Waals surface area contributed by atoms with E-state index in [1.807, 2.05) is 6.08 Å². The third-order valence-corrected chi connectivity index (χ3v) is 7.84. The summed E-state index contributed by atoms with van der Waals surface area (Å²) in [7, 11) is 0. The van der Waals surface area contributed by atoms with Gasteiger partial charge in [-0.25, -0.2) is 0 Å². The second-order valence-electron chi connectivity index (χ2n) is 8.62. The summed E-state index contributed by atoms with van der Waals surface area (Å²) in [5.74, 6) is 4.16. The molecule has 0 spiro atoms. The minimum Gasteiger partial charge on any atom is -0.377 e. The maximum atomic E-state index is 11.9. The molecule has 0 aliphatic heterocycles. The highest BCUT2D eigenvalue weighted by Gasteiger charge is 2.61. The van der Waals surface area contributed by atoms with Gasteiger partial charge in [0.05, 0.1) is 0 Å². The number of aliphatic hydroxyl groups is 1. The molecule has 4 rings (SSSR count). The molecule has 24 heavy (non-hydrogen) atoms. The monoisotopic (exact) mass is 344 g/mol. The SMILES string of the molecule is C[C@]12CCC(=O)C=C1CC[C@@H]1C2=CC[C@@]2(C)[C@H]1CC[C@@]2(O)C#CCl. The van der Waals surface area contributed by atoms with Gasteiger partial charge < -0.3 is 5.11 Å². The molecule has 1 N–H and O–H groups in total. The third-order valence-electron chi connectivity index (χ3n) is 7.74. The van der Waals surface area contributed by atoms with Gasteiger partial charge >= 0.3 is 0 Å². The first-order valence-corrected chi connectivity index (χ1v) is 9.51. The van der Waals surface area contributed by atoms with E-state index in [9.17, 15) is 9.90 Å². The van der Waals surface area contributed by atoms with Gasteiger partial charge in [0.25, 0.3) is 0 Å². The van der Waals surface area contributed by atoms with Crippen LogP contribution < -0.4 is 0 Å². The number of hydrogen-bond donors (Lipinski definition) is 1. The van der Waals surface area contributed by atoms with Crippen molar-refractivity contribution in [3.05, 3.63) is 23.3 Å². The van der Waals surface area contributed by atoms with Crippen LogP contribution in [0.2, 0.25) is 0 Å². The van der Waals surface area contributed by atoms with E-state index in [4.69, 9.17) is 11.6 Å². The first-order valence-electron chi connectivity index (χ1n) is 9.14. The van der Waals surface area contributed by atoms with Gasteiger partial charge in [0, 0.05) is 22.6 Å². The van der Waals surface area contributed by atoms with Gasteiger partial charge in [-0.1, -0.05) is 37.0 Å². The molecule has 0 unspecified atom stereocenters. The van der Waals surface area contributed by atoms with Crippen LogP contribution >= 0.6 is 11.6 Å². The smallest absolute Gasteiger partial charge is 0.155 e. The fourth-order valence-electron chi connectivity index (χ4n) is 6.15. The zero-order chi connectivity index (χ0) is 17.2. The van der Waals surface area contributed by atoms with Crippen LogP contribution in [0, 0.1) is 34.0 Å². The van der Waals surface area contributed by atoms with Crippen molar-refractivity contribution in [2.45, 2.75) is 64.4 Å². The lowest BCUT2D eigenvalue weighted by Crippen LogP contribution is -2.50. The number of allylic oxidation sites excluding steroid dienone is 4. The maximum absolute atomic E-state index is 11.9. The van der Waals surface area contributed by atoms with E-state index in [1.54, 1.807) is 0 Å². The highest BCUT2D eigenvalue weighted by molar-refractivity contribution is 6.30. The fraction of sp³-hybridized carbons (Fsp3) is 0.667. The molecule has 0 radical (unpaired) electrons. The Morgan fingerprint density at radius 2 is 2.04 bits per heavy atom. The average molecular weight is 345 g/mol. The summed E-state index contributed by atoms with van der Waals surface area (Å²) >= 11 is 5.65. The van der Waals surface area contributed by atoms with Crippen molar-refractivity contribution in [2.24, 2.45) is 22.7 Å². The molecular formula is C21H25ClO2. The van der Waals surface area contributed by atoms with E-state index >= 15 is 0 Å². The van der Waals surface area contributed by atoms with Gasteiger partial charge in [-0.05, 0) is 68.0 Å². The van der Waals surface area contributed by atoms with Crippen molar-refractivity contribution < 1.29 is 9.90 Å². The Morgan fingerprint density at radius 1 is 1.25 bits per heavy atom. The van der Waals surface area contributed by atoms with Gasteiger partial charge in [-0.2, -0.15) is 0 Å². The van der Waals surface area contributed by atoms with Crippen LogP contribution in [0.25, 0.3) is 0 Å². The van der Waals surface area contributed by atoms with Crippen LogP contribution in [-0.2, 0) is 4.79 Å². The Hall–Kier alpha value is -1.04. The van der Waals surface area contributed by atoms with E-state index in [0.717, 1.165) is 32.1 Å². The van der Waals surface area contributed by atoms with Gasteiger partial charge in [0.1, 0.15) is 5.60 Å². The van der Waals surface area contributed by atoms with Gasteiger partial charge in [-0.15, -0.1) is 0 Å². The molecule has 0 amide bonds. The summed E-state index contributed by atoms with van der Waals surface area (Å²) in [4.78, 5) is 11.9. The molecule has 3 heteroatoms. The second-order valence-corrected chi connectivity index (χ2v) is 8.81. The average Bonchev–Trinajstić information content (AvgIpc) is 2.80. The summed E-state index contributed by atoms with van der Waals surface area (Å²) < 4.78 is 0. The molecule has 128 valence electrons. The van der Waals surface area contributed by atoms with Crippen LogP contribution in [0.15, 0.2) is 23.3 Å². The second kappa shape index (κ2) is 5.23. The van der Waals surface area contributed by atoms with Gasteiger partial charge in [-0.3, -0.25) is 4.79 Å². The van der Waals surface area contributed by atoms with E-state index < -0.39 is 5.60 Å². The number of carbonyl (C=O) groups excluding carboxylic acids is 1. The molecule has 2 nitrogen and oxygen atoms in total. The lowest BCUT2D eigenvalue weighted by atomic mass is 9.51. The lowest BCUT2D eigenvalue weighted by molar-refractivity contribution is -0.115. The maximum Gasteiger partial charge on any atom is 0.155 e. The molecule has 4 aliphatic rings. The quantitative estimate of drug-likeness (QED) is 0.523. The number of fused-ring (bicyclic) bond motifs is 5. The van der Waals surface area contributed by atoms with E-state index in [0.29, 0.717) is 24.7 Å². The third kappa shape index (κ3) is 1.98. The van der Waals surface area contributed by atoms with E-state index in [1.165, 1.54) is 11.1 Å². The first-order chi connectivity index (χ1) is 11.3. The van der Waals surface area contributed by atoms with Crippen molar-refractivity contribution in [2.75, 3.05) is 0 Å². The Balaban J connectivity index is 1.77. The van der Waals surface area contributed by atoms with Gasteiger partial charge in [0.2, 0.25) is 0 Å². The molecule has 0 aromatic carbocycles. The van der Waals surface area contributed by atoms with Crippen molar-refractivity contribution in [1.82, 2.24) is 0 Å². The predicted molar refractivity (Wildman–Crippen MR) is 95.3 cm³/mol. The van der Waals surface area contributed by atoms with E-state index in [2.05, 4.69) is 31.2 Å². The molecule has 0 saturated heterocycles. The molecule has 0 heterocycles. The highest BCUT2D eigenvalue weighted by Crippen LogP contribution is 2.65. The summed E-state index contributed by atoms with van der Waals surface area (Å²) in [5, 5.41) is 13.6. The molecule has 4 aliphatic carbocycles. The lowest BCUT2D eigenvalue weighted by Gasteiger charge is -2.54. The Kier molecular flexibility index (Phi) is 3.58. The predicted octanol–water partition coefficient (Wildman–Crippen LogP) is 4.37. The molecule has 2 fully saturated rings.